The average molecular weight is 198 g/mol. The van der Waals surface area contributed by atoms with Crippen molar-refractivity contribution in [1.29, 1.82) is 0 Å². The van der Waals surface area contributed by atoms with Crippen LogP contribution in [0.1, 0.15) is 19.8 Å². The van der Waals surface area contributed by atoms with E-state index in [0.29, 0.717) is 25.6 Å². The predicted molar refractivity (Wildman–Crippen MR) is 52.5 cm³/mol. The van der Waals surface area contributed by atoms with Gasteiger partial charge in [0.2, 0.25) is 5.91 Å². The van der Waals surface area contributed by atoms with Crippen LogP contribution in [-0.4, -0.2) is 41.7 Å². The van der Waals surface area contributed by atoms with Crippen molar-refractivity contribution < 1.29 is 9.90 Å². The Morgan fingerprint density at radius 2 is 2.14 bits per heavy atom. The third kappa shape index (κ3) is 1.33. The lowest BCUT2D eigenvalue weighted by Crippen LogP contribution is -2.62. The fraction of sp³-hybridized carbons (Fsp3) is 0.900. The molecule has 2 aliphatic rings. The minimum Gasteiger partial charge on any atom is -0.389 e. The molecule has 1 aliphatic heterocycles. The van der Waals surface area contributed by atoms with E-state index in [0.717, 1.165) is 12.8 Å². The Hall–Kier alpha value is -0.610. The van der Waals surface area contributed by atoms with Crippen molar-refractivity contribution in [2.45, 2.75) is 25.9 Å². The highest BCUT2D eigenvalue weighted by Gasteiger charge is 2.50. The van der Waals surface area contributed by atoms with Crippen LogP contribution in [0.25, 0.3) is 0 Å². The summed E-state index contributed by atoms with van der Waals surface area (Å²) in [4.78, 5) is 13.7. The van der Waals surface area contributed by atoms with Crippen molar-refractivity contribution in [1.82, 2.24) is 4.90 Å². The Morgan fingerprint density at radius 1 is 1.57 bits per heavy atom. The van der Waals surface area contributed by atoms with Crippen molar-refractivity contribution in [3.63, 3.8) is 0 Å². The molecule has 1 heterocycles. The van der Waals surface area contributed by atoms with Crippen LogP contribution in [0.5, 0.6) is 0 Å². The van der Waals surface area contributed by atoms with Crippen molar-refractivity contribution >= 4 is 5.91 Å². The third-order valence-electron chi connectivity index (χ3n) is 3.47. The molecule has 0 aromatic heterocycles. The summed E-state index contributed by atoms with van der Waals surface area (Å²) < 4.78 is 0. The number of aliphatic hydroxyl groups is 1. The lowest BCUT2D eigenvalue weighted by molar-refractivity contribution is -0.160. The van der Waals surface area contributed by atoms with Gasteiger partial charge in [-0.3, -0.25) is 4.79 Å². The molecule has 2 rings (SSSR count). The van der Waals surface area contributed by atoms with Gasteiger partial charge in [-0.2, -0.15) is 0 Å². The molecule has 1 amide bonds. The smallest absolute Gasteiger partial charge is 0.230 e. The van der Waals surface area contributed by atoms with Gasteiger partial charge in [0.1, 0.15) is 0 Å². The van der Waals surface area contributed by atoms with Crippen molar-refractivity contribution in [2.75, 3.05) is 19.6 Å². The summed E-state index contributed by atoms with van der Waals surface area (Å²) in [6, 6.07) is 0. The largest absolute Gasteiger partial charge is 0.389 e. The van der Waals surface area contributed by atoms with E-state index in [4.69, 9.17) is 10.8 Å². The normalized spacial score (nSPS) is 37.6. The molecule has 0 radical (unpaired) electrons. The Balaban J connectivity index is 1.96. The van der Waals surface area contributed by atoms with Crippen molar-refractivity contribution in [3.8, 4) is 0 Å². The quantitative estimate of drug-likeness (QED) is 0.632. The summed E-state index contributed by atoms with van der Waals surface area (Å²) in [5.41, 5.74) is 5.38. The standard InChI is InChI=1S/C10H18N2O2/c1-7-2-10(3-7,6-11)9(14)12-4-8(13)5-12/h7-8,13H,2-6,11H2,1H3. The number of aliphatic hydroxyl groups excluding tert-OH is 1. The molecule has 0 spiro atoms. The average Bonchev–Trinajstić information content (AvgIpc) is 2.06. The first-order valence-corrected chi connectivity index (χ1v) is 5.25. The van der Waals surface area contributed by atoms with Crippen LogP contribution in [0, 0.1) is 11.3 Å². The second-order valence-corrected chi connectivity index (χ2v) is 4.86. The summed E-state index contributed by atoms with van der Waals surface area (Å²) in [7, 11) is 0. The lowest BCUT2D eigenvalue weighted by atomic mass is 9.61. The van der Waals surface area contributed by atoms with Crippen LogP contribution in [0.15, 0.2) is 0 Å². The number of carbonyl (C=O) groups excluding carboxylic acids is 1. The predicted octanol–water partition coefficient (Wildman–Crippen LogP) is -0.435. The Labute approximate surface area is 84.1 Å². The maximum atomic E-state index is 12.0. The summed E-state index contributed by atoms with van der Waals surface area (Å²) in [5.74, 6) is 0.775. The van der Waals surface area contributed by atoms with E-state index in [-0.39, 0.29) is 17.4 Å². The number of rotatable bonds is 2. The van der Waals surface area contributed by atoms with E-state index in [2.05, 4.69) is 6.92 Å². The van der Waals surface area contributed by atoms with E-state index >= 15 is 0 Å². The van der Waals surface area contributed by atoms with Crippen LogP contribution in [-0.2, 0) is 4.79 Å². The number of amides is 1. The van der Waals surface area contributed by atoms with Crippen molar-refractivity contribution in [2.24, 2.45) is 17.1 Å². The molecule has 3 N–H and O–H groups in total. The van der Waals surface area contributed by atoms with Crippen LogP contribution in [0.4, 0.5) is 0 Å². The maximum absolute atomic E-state index is 12.0. The second-order valence-electron chi connectivity index (χ2n) is 4.86. The number of hydrogen-bond donors (Lipinski definition) is 2. The highest BCUT2D eigenvalue weighted by Crippen LogP contribution is 2.46. The van der Waals surface area contributed by atoms with Gasteiger partial charge in [-0.1, -0.05) is 6.92 Å². The molecule has 4 nitrogen and oxygen atoms in total. The van der Waals surface area contributed by atoms with Crippen LogP contribution in [0.3, 0.4) is 0 Å². The first kappa shape index (κ1) is 9.93. The van der Waals surface area contributed by atoms with Crippen LogP contribution in [0.2, 0.25) is 0 Å². The zero-order chi connectivity index (χ0) is 10.3. The van der Waals surface area contributed by atoms with E-state index in [9.17, 15) is 4.79 Å². The number of hydrogen-bond acceptors (Lipinski definition) is 3. The molecule has 80 valence electrons. The molecular weight excluding hydrogens is 180 g/mol. The first-order chi connectivity index (χ1) is 6.57. The summed E-state index contributed by atoms with van der Waals surface area (Å²) >= 11 is 0. The van der Waals surface area contributed by atoms with Gasteiger partial charge in [-0.15, -0.1) is 0 Å². The van der Waals surface area contributed by atoms with Gasteiger partial charge < -0.3 is 15.7 Å². The molecule has 0 bridgehead atoms. The van der Waals surface area contributed by atoms with E-state index in [1.165, 1.54) is 0 Å². The zero-order valence-corrected chi connectivity index (χ0v) is 8.57. The molecule has 0 unspecified atom stereocenters. The Bertz CT molecular complexity index is 243. The number of carbonyl (C=O) groups is 1. The van der Waals surface area contributed by atoms with Crippen LogP contribution < -0.4 is 5.73 Å². The Kier molecular flexibility index (Phi) is 2.27. The SMILES string of the molecule is CC1CC(CN)(C(=O)N2CC(O)C2)C1. The fourth-order valence-electron chi connectivity index (χ4n) is 2.66. The molecule has 0 aromatic carbocycles. The van der Waals surface area contributed by atoms with Gasteiger partial charge in [0, 0.05) is 19.6 Å². The van der Waals surface area contributed by atoms with E-state index in [1.807, 2.05) is 0 Å². The van der Waals surface area contributed by atoms with Gasteiger partial charge in [-0.25, -0.2) is 0 Å². The van der Waals surface area contributed by atoms with Gasteiger partial charge in [-0.05, 0) is 18.8 Å². The highest BCUT2D eigenvalue weighted by molar-refractivity contribution is 5.84. The number of nitrogens with zero attached hydrogens (tertiary/aromatic N) is 1. The topological polar surface area (TPSA) is 66.6 Å². The van der Waals surface area contributed by atoms with E-state index in [1.54, 1.807) is 4.90 Å². The minimum absolute atomic E-state index is 0.156. The first-order valence-electron chi connectivity index (χ1n) is 5.25. The lowest BCUT2D eigenvalue weighted by Gasteiger charge is -2.49. The number of likely N-dealkylation sites (tertiary alicyclic amines) is 1. The zero-order valence-electron chi connectivity index (χ0n) is 8.57. The second kappa shape index (κ2) is 3.21. The molecule has 1 saturated heterocycles. The summed E-state index contributed by atoms with van der Waals surface area (Å²) in [5, 5.41) is 9.12. The Morgan fingerprint density at radius 3 is 2.50 bits per heavy atom. The summed E-state index contributed by atoms with van der Waals surface area (Å²) in [6.07, 6.45) is 1.51. The van der Waals surface area contributed by atoms with Gasteiger partial charge in [0.25, 0.3) is 0 Å². The van der Waals surface area contributed by atoms with Gasteiger partial charge in [0.05, 0.1) is 11.5 Å². The molecule has 0 aromatic rings. The minimum atomic E-state index is -0.314. The highest BCUT2D eigenvalue weighted by atomic mass is 16.3. The molecule has 0 atom stereocenters. The fourth-order valence-corrected chi connectivity index (χ4v) is 2.66. The molecular formula is C10H18N2O2. The maximum Gasteiger partial charge on any atom is 0.230 e. The van der Waals surface area contributed by atoms with Crippen molar-refractivity contribution in [3.05, 3.63) is 0 Å². The number of nitrogens with two attached hydrogens (primary N) is 1. The molecule has 1 saturated carbocycles. The molecule has 4 heteroatoms. The van der Waals surface area contributed by atoms with Crippen LogP contribution >= 0.6 is 0 Å². The number of β-amino-alcohol motifs (C(OH)–C–C–N with tert-alkyl or cyclic N) is 1. The molecule has 2 fully saturated rings. The van der Waals surface area contributed by atoms with E-state index < -0.39 is 0 Å². The monoisotopic (exact) mass is 198 g/mol. The third-order valence-corrected chi connectivity index (χ3v) is 3.47. The molecule has 1 aliphatic carbocycles. The van der Waals surface area contributed by atoms with Gasteiger partial charge in [0.15, 0.2) is 0 Å². The van der Waals surface area contributed by atoms with Gasteiger partial charge >= 0.3 is 0 Å². The summed E-state index contributed by atoms with van der Waals surface area (Å²) in [6.45, 7) is 3.58. The molecule has 14 heavy (non-hydrogen) atoms.